The summed E-state index contributed by atoms with van der Waals surface area (Å²) in [5, 5.41) is 0.547. The predicted octanol–water partition coefficient (Wildman–Crippen LogP) is 3.11. The van der Waals surface area contributed by atoms with E-state index in [1.807, 2.05) is 0 Å². The summed E-state index contributed by atoms with van der Waals surface area (Å²) in [6.07, 6.45) is -0.585. The Kier molecular flexibility index (Phi) is 5.95. The molecule has 4 nitrogen and oxygen atoms in total. The van der Waals surface area contributed by atoms with Crippen molar-refractivity contribution in [1.82, 2.24) is 0 Å². The normalized spacial score (nSPS) is 9.94. The molecule has 1 aromatic carbocycles. The van der Waals surface area contributed by atoms with Gasteiger partial charge in [0.05, 0.1) is 19.0 Å². The van der Waals surface area contributed by atoms with Gasteiger partial charge in [0.2, 0.25) is 0 Å². The molecule has 0 bridgehead atoms. The van der Waals surface area contributed by atoms with E-state index in [-0.39, 0.29) is 24.8 Å². The first kappa shape index (κ1) is 14.8. The van der Waals surface area contributed by atoms with Crippen molar-refractivity contribution < 1.29 is 14.3 Å². The van der Waals surface area contributed by atoms with E-state index in [9.17, 15) is 9.59 Å². The number of rotatable bonds is 5. The minimum absolute atomic E-state index is 0.121. The molecule has 18 heavy (non-hydrogen) atoms. The van der Waals surface area contributed by atoms with E-state index in [4.69, 9.17) is 27.9 Å². The van der Waals surface area contributed by atoms with Crippen LogP contribution in [0.4, 0.5) is 10.5 Å². The van der Waals surface area contributed by atoms with Gasteiger partial charge in [0.25, 0.3) is 0 Å². The first-order chi connectivity index (χ1) is 8.58. The van der Waals surface area contributed by atoms with E-state index in [0.29, 0.717) is 10.7 Å². The Morgan fingerprint density at radius 1 is 1.28 bits per heavy atom. The minimum Gasteiger partial charge on any atom is -0.449 e. The lowest BCUT2D eigenvalue weighted by Crippen LogP contribution is -2.36. The van der Waals surface area contributed by atoms with Crippen LogP contribution in [0.15, 0.2) is 24.3 Å². The molecule has 0 saturated carbocycles. The molecule has 0 N–H and O–H groups in total. The molecule has 0 saturated heterocycles. The first-order valence-corrected chi connectivity index (χ1v) is 6.27. The fourth-order valence-corrected chi connectivity index (χ4v) is 1.51. The maximum Gasteiger partial charge on any atom is 0.414 e. The van der Waals surface area contributed by atoms with E-state index in [0.717, 1.165) is 0 Å². The quantitative estimate of drug-likeness (QED) is 0.783. The maximum atomic E-state index is 11.8. The number of benzene rings is 1. The van der Waals surface area contributed by atoms with Crippen molar-refractivity contribution in [3.8, 4) is 0 Å². The lowest BCUT2D eigenvalue weighted by atomic mass is 10.3. The summed E-state index contributed by atoms with van der Waals surface area (Å²) in [6, 6.07) is 6.55. The van der Waals surface area contributed by atoms with Gasteiger partial charge in [-0.2, -0.15) is 0 Å². The zero-order valence-electron chi connectivity index (χ0n) is 9.86. The molecule has 0 spiro atoms. The van der Waals surface area contributed by atoms with Gasteiger partial charge in [0, 0.05) is 10.7 Å². The summed E-state index contributed by atoms with van der Waals surface area (Å²) in [6.45, 7) is 1.81. The summed E-state index contributed by atoms with van der Waals surface area (Å²) < 4.78 is 4.89. The van der Waals surface area contributed by atoms with Gasteiger partial charge < -0.3 is 4.74 Å². The molecular weight excluding hydrogens is 277 g/mol. The Hall–Kier alpha value is -1.26. The van der Waals surface area contributed by atoms with Crippen LogP contribution in [0.1, 0.15) is 6.92 Å². The number of halogens is 2. The van der Waals surface area contributed by atoms with Crippen LogP contribution in [0.2, 0.25) is 5.02 Å². The molecule has 0 unspecified atom stereocenters. The molecule has 98 valence electrons. The van der Waals surface area contributed by atoms with E-state index in [1.165, 1.54) is 4.90 Å². The van der Waals surface area contributed by atoms with Gasteiger partial charge >= 0.3 is 6.09 Å². The second-order valence-electron chi connectivity index (χ2n) is 3.43. The van der Waals surface area contributed by atoms with Crippen molar-refractivity contribution >= 4 is 40.8 Å². The van der Waals surface area contributed by atoms with Crippen LogP contribution < -0.4 is 4.90 Å². The van der Waals surface area contributed by atoms with E-state index < -0.39 is 6.09 Å². The summed E-state index contributed by atoms with van der Waals surface area (Å²) in [4.78, 5) is 24.3. The molecule has 0 radical (unpaired) electrons. The fraction of sp³-hybridized carbons (Fsp3) is 0.333. The number of alkyl halides is 1. The predicted molar refractivity (Wildman–Crippen MR) is 71.5 cm³/mol. The van der Waals surface area contributed by atoms with Gasteiger partial charge in [0.15, 0.2) is 5.78 Å². The summed E-state index contributed by atoms with van der Waals surface area (Å²) in [7, 11) is 0. The first-order valence-electron chi connectivity index (χ1n) is 5.36. The number of anilines is 1. The highest BCUT2D eigenvalue weighted by atomic mass is 35.5. The Morgan fingerprint density at radius 3 is 2.39 bits per heavy atom. The van der Waals surface area contributed by atoms with Crippen LogP contribution in [0.25, 0.3) is 0 Å². The number of nitrogens with zero attached hydrogens (tertiary/aromatic N) is 1. The second kappa shape index (κ2) is 7.24. The fourth-order valence-electron chi connectivity index (χ4n) is 1.30. The van der Waals surface area contributed by atoms with Crippen LogP contribution in [-0.2, 0) is 9.53 Å². The summed E-state index contributed by atoms with van der Waals surface area (Å²) in [5.74, 6) is -0.414. The van der Waals surface area contributed by atoms with Gasteiger partial charge in [-0.25, -0.2) is 4.79 Å². The number of carbonyl (C=O) groups excluding carboxylic acids is 2. The van der Waals surface area contributed by atoms with Gasteiger partial charge in [-0.1, -0.05) is 11.6 Å². The molecule has 0 aliphatic heterocycles. The Morgan fingerprint density at radius 2 is 1.89 bits per heavy atom. The van der Waals surface area contributed by atoms with Gasteiger partial charge in [-0.05, 0) is 31.2 Å². The third-order valence-electron chi connectivity index (χ3n) is 2.11. The molecule has 0 atom stereocenters. The minimum atomic E-state index is -0.585. The number of ether oxygens (including phenoxy) is 1. The molecule has 1 amide bonds. The average molecular weight is 290 g/mol. The molecule has 1 aromatic rings. The molecule has 0 aliphatic rings. The van der Waals surface area contributed by atoms with Gasteiger partial charge in [-0.3, -0.25) is 9.69 Å². The number of ketones is 1. The van der Waals surface area contributed by atoms with Crippen molar-refractivity contribution in [3.63, 3.8) is 0 Å². The highest BCUT2D eigenvalue weighted by Crippen LogP contribution is 2.18. The van der Waals surface area contributed by atoms with Crippen LogP contribution in [-0.4, -0.2) is 30.9 Å². The Balaban J connectivity index is 2.92. The molecular formula is C12H13Cl2NO3. The number of hydrogen-bond donors (Lipinski definition) is 0. The summed E-state index contributed by atoms with van der Waals surface area (Å²) >= 11 is 11.2. The molecule has 1 rings (SSSR count). The topological polar surface area (TPSA) is 46.6 Å². The van der Waals surface area contributed by atoms with E-state index >= 15 is 0 Å². The number of Topliss-reactive ketones (excluding diaryl/α,β-unsaturated/α-hetero) is 1. The van der Waals surface area contributed by atoms with Crippen molar-refractivity contribution in [2.24, 2.45) is 0 Å². The smallest absolute Gasteiger partial charge is 0.414 e. The molecule has 0 heterocycles. The lowest BCUT2D eigenvalue weighted by molar-refractivity contribution is -0.115. The van der Waals surface area contributed by atoms with Crippen LogP contribution in [0.3, 0.4) is 0 Å². The van der Waals surface area contributed by atoms with Crippen LogP contribution >= 0.6 is 23.2 Å². The van der Waals surface area contributed by atoms with Crippen molar-refractivity contribution in [1.29, 1.82) is 0 Å². The second-order valence-corrected chi connectivity index (χ2v) is 4.14. The number of carbonyl (C=O) groups is 2. The molecule has 0 fully saturated rings. The van der Waals surface area contributed by atoms with Gasteiger partial charge in [-0.15, -0.1) is 11.6 Å². The van der Waals surface area contributed by atoms with Crippen LogP contribution in [0.5, 0.6) is 0 Å². The SMILES string of the molecule is CCOC(=O)N(CC(=O)CCl)c1ccc(Cl)cc1. The largest absolute Gasteiger partial charge is 0.449 e. The molecule has 0 aromatic heterocycles. The standard InChI is InChI=1S/C12H13Cl2NO3/c1-2-18-12(17)15(8-11(16)7-13)10-5-3-9(14)4-6-10/h3-6H,2,7-8H2,1H3. The number of hydrogen-bond acceptors (Lipinski definition) is 3. The van der Waals surface area contributed by atoms with Crippen molar-refractivity contribution in [2.75, 3.05) is 23.9 Å². The van der Waals surface area contributed by atoms with Gasteiger partial charge in [0.1, 0.15) is 0 Å². The zero-order chi connectivity index (χ0) is 13.5. The van der Waals surface area contributed by atoms with E-state index in [2.05, 4.69) is 0 Å². The number of amides is 1. The third-order valence-corrected chi connectivity index (χ3v) is 2.66. The average Bonchev–Trinajstić information content (AvgIpc) is 2.37. The Bertz CT molecular complexity index is 420. The summed E-state index contributed by atoms with van der Waals surface area (Å²) in [5.41, 5.74) is 0.538. The highest BCUT2D eigenvalue weighted by molar-refractivity contribution is 6.30. The molecule has 0 aliphatic carbocycles. The highest BCUT2D eigenvalue weighted by Gasteiger charge is 2.19. The van der Waals surface area contributed by atoms with E-state index in [1.54, 1.807) is 31.2 Å². The maximum absolute atomic E-state index is 11.8. The monoisotopic (exact) mass is 289 g/mol. The molecule has 6 heteroatoms. The van der Waals surface area contributed by atoms with Crippen molar-refractivity contribution in [2.45, 2.75) is 6.92 Å². The zero-order valence-corrected chi connectivity index (χ0v) is 11.4. The van der Waals surface area contributed by atoms with Crippen molar-refractivity contribution in [3.05, 3.63) is 29.3 Å². The Labute approximate surface area is 115 Å². The third kappa shape index (κ3) is 4.20. The van der Waals surface area contributed by atoms with Crippen LogP contribution in [0, 0.1) is 0 Å². The lowest BCUT2D eigenvalue weighted by Gasteiger charge is -2.20.